The van der Waals surface area contributed by atoms with Crippen LogP contribution in [0.1, 0.15) is 26.7 Å². The second-order valence-corrected chi connectivity index (χ2v) is 8.68. The lowest BCUT2D eigenvalue weighted by molar-refractivity contribution is 0.128. The summed E-state index contributed by atoms with van der Waals surface area (Å²) in [5, 5.41) is 0. The summed E-state index contributed by atoms with van der Waals surface area (Å²) in [5.74, 6) is 1.08. The topological polar surface area (TPSA) is 90.9 Å². The Labute approximate surface area is 165 Å². The number of sulfonamides is 1. The van der Waals surface area contributed by atoms with Crippen molar-refractivity contribution in [2.45, 2.75) is 43.8 Å². The molecule has 0 saturated carbocycles. The molecule has 0 bridgehead atoms. The summed E-state index contributed by atoms with van der Waals surface area (Å²) < 4.78 is 43.6. The molecule has 1 aromatic heterocycles. The number of hydrogen-bond acceptors (Lipinski definition) is 7. The molecule has 9 heteroatoms. The van der Waals surface area contributed by atoms with Gasteiger partial charge in [-0.3, -0.25) is 0 Å². The van der Waals surface area contributed by atoms with Crippen LogP contribution in [-0.4, -0.2) is 55.1 Å². The SMILES string of the molecule is COc1nccc(OC2CCN(S(=O)(=O)c3ccc(OC(C)C)cc3)CC2)n1. The van der Waals surface area contributed by atoms with Gasteiger partial charge in [-0.25, -0.2) is 13.4 Å². The maximum Gasteiger partial charge on any atom is 0.319 e. The van der Waals surface area contributed by atoms with E-state index in [0.717, 1.165) is 0 Å². The molecule has 0 N–H and O–H groups in total. The van der Waals surface area contributed by atoms with E-state index in [-0.39, 0.29) is 23.1 Å². The molecule has 0 amide bonds. The van der Waals surface area contributed by atoms with Crippen molar-refractivity contribution in [2.24, 2.45) is 0 Å². The quantitative estimate of drug-likeness (QED) is 0.696. The summed E-state index contributed by atoms with van der Waals surface area (Å²) in [5.41, 5.74) is 0. The van der Waals surface area contributed by atoms with Crippen LogP contribution in [-0.2, 0) is 10.0 Å². The molecule has 3 rings (SSSR count). The molecule has 1 saturated heterocycles. The molecule has 2 aromatic rings. The Morgan fingerprint density at radius 3 is 2.39 bits per heavy atom. The van der Waals surface area contributed by atoms with Gasteiger partial charge in [0.2, 0.25) is 15.9 Å². The van der Waals surface area contributed by atoms with Crippen molar-refractivity contribution in [1.29, 1.82) is 0 Å². The number of ether oxygens (including phenoxy) is 3. The largest absolute Gasteiger partial charge is 0.491 e. The molecule has 1 aromatic carbocycles. The second kappa shape index (κ2) is 8.74. The van der Waals surface area contributed by atoms with Crippen LogP contribution in [0.4, 0.5) is 0 Å². The first-order valence-electron chi connectivity index (χ1n) is 9.19. The molecule has 1 aliphatic rings. The number of hydrogen-bond donors (Lipinski definition) is 0. The van der Waals surface area contributed by atoms with Crippen molar-refractivity contribution < 1.29 is 22.6 Å². The van der Waals surface area contributed by atoms with Crippen LogP contribution in [0.3, 0.4) is 0 Å². The fourth-order valence-electron chi connectivity index (χ4n) is 2.96. The van der Waals surface area contributed by atoms with Gasteiger partial charge in [-0.05, 0) is 51.0 Å². The van der Waals surface area contributed by atoms with E-state index in [0.29, 0.717) is 37.6 Å². The van der Waals surface area contributed by atoms with E-state index in [2.05, 4.69) is 9.97 Å². The predicted molar refractivity (Wildman–Crippen MR) is 103 cm³/mol. The molecule has 0 spiro atoms. The summed E-state index contributed by atoms with van der Waals surface area (Å²) >= 11 is 0. The molecular formula is C19H25N3O5S. The molecule has 1 fully saturated rings. The highest BCUT2D eigenvalue weighted by molar-refractivity contribution is 7.89. The van der Waals surface area contributed by atoms with Crippen LogP contribution in [0.2, 0.25) is 0 Å². The zero-order valence-electron chi connectivity index (χ0n) is 16.2. The number of nitrogens with zero attached hydrogens (tertiary/aromatic N) is 3. The van der Waals surface area contributed by atoms with Gasteiger partial charge in [0.05, 0.1) is 18.1 Å². The van der Waals surface area contributed by atoms with E-state index >= 15 is 0 Å². The Kier molecular flexibility index (Phi) is 6.35. The summed E-state index contributed by atoms with van der Waals surface area (Å²) in [6.07, 6.45) is 2.66. The fraction of sp³-hybridized carbons (Fsp3) is 0.474. The summed E-state index contributed by atoms with van der Waals surface area (Å²) in [7, 11) is -2.05. The van der Waals surface area contributed by atoms with Crippen LogP contribution in [0.15, 0.2) is 41.4 Å². The predicted octanol–water partition coefficient (Wildman–Crippen LogP) is 2.50. The van der Waals surface area contributed by atoms with Gasteiger partial charge in [0.25, 0.3) is 0 Å². The van der Waals surface area contributed by atoms with Crippen LogP contribution in [0.25, 0.3) is 0 Å². The highest BCUT2D eigenvalue weighted by atomic mass is 32.2. The minimum absolute atomic E-state index is 0.0383. The third kappa shape index (κ3) is 4.90. The monoisotopic (exact) mass is 407 g/mol. The molecule has 8 nitrogen and oxygen atoms in total. The normalized spacial score (nSPS) is 16.1. The van der Waals surface area contributed by atoms with E-state index < -0.39 is 10.0 Å². The number of piperidine rings is 1. The van der Waals surface area contributed by atoms with Gasteiger partial charge in [0.15, 0.2) is 0 Å². The Morgan fingerprint density at radius 2 is 1.79 bits per heavy atom. The third-order valence-electron chi connectivity index (χ3n) is 4.31. The highest BCUT2D eigenvalue weighted by Gasteiger charge is 2.30. The zero-order valence-corrected chi connectivity index (χ0v) is 17.1. The lowest BCUT2D eigenvalue weighted by atomic mass is 10.1. The molecular weight excluding hydrogens is 382 g/mol. The van der Waals surface area contributed by atoms with Crippen molar-refractivity contribution in [1.82, 2.24) is 14.3 Å². The lowest BCUT2D eigenvalue weighted by Gasteiger charge is -2.31. The molecule has 28 heavy (non-hydrogen) atoms. The molecule has 0 atom stereocenters. The number of methoxy groups -OCH3 is 1. The van der Waals surface area contributed by atoms with Crippen molar-refractivity contribution in [3.8, 4) is 17.6 Å². The van der Waals surface area contributed by atoms with Crippen molar-refractivity contribution in [2.75, 3.05) is 20.2 Å². The molecule has 0 unspecified atom stereocenters. The Balaban J connectivity index is 1.60. The third-order valence-corrected chi connectivity index (χ3v) is 6.23. The average Bonchev–Trinajstić information content (AvgIpc) is 2.68. The van der Waals surface area contributed by atoms with E-state index in [9.17, 15) is 8.42 Å². The Morgan fingerprint density at radius 1 is 1.11 bits per heavy atom. The summed E-state index contributed by atoms with van der Waals surface area (Å²) in [6, 6.07) is 8.44. The molecule has 2 heterocycles. The minimum atomic E-state index is -3.54. The minimum Gasteiger partial charge on any atom is -0.491 e. The van der Waals surface area contributed by atoms with E-state index in [1.54, 1.807) is 36.5 Å². The van der Waals surface area contributed by atoms with Crippen LogP contribution in [0.5, 0.6) is 17.6 Å². The van der Waals surface area contributed by atoms with Gasteiger partial charge in [0, 0.05) is 25.4 Å². The van der Waals surface area contributed by atoms with Gasteiger partial charge in [-0.1, -0.05) is 0 Å². The van der Waals surface area contributed by atoms with Gasteiger partial charge >= 0.3 is 6.01 Å². The van der Waals surface area contributed by atoms with Gasteiger partial charge < -0.3 is 14.2 Å². The molecule has 152 valence electrons. The van der Waals surface area contributed by atoms with Crippen LogP contribution in [0, 0.1) is 0 Å². The van der Waals surface area contributed by atoms with E-state index in [1.165, 1.54) is 11.4 Å². The van der Waals surface area contributed by atoms with E-state index in [4.69, 9.17) is 14.2 Å². The van der Waals surface area contributed by atoms with Gasteiger partial charge in [0.1, 0.15) is 11.9 Å². The second-order valence-electron chi connectivity index (χ2n) is 6.74. The number of benzene rings is 1. The van der Waals surface area contributed by atoms with E-state index in [1.807, 2.05) is 13.8 Å². The van der Waals surface area contributed by atoms with Gasteiger partial charge in [-0.2, -0.15) is 9.29 Å². The maximum atomic E-state index is 12.9. The van der Waals surface area contributed by atoms with Crippen molar-refractivity contribution >= 4 is 10.0 Å². The van der Waals surface area contributed by atoms with Crippen LogP contribution >= 0.6 is 0 Å². The Hall–Kier alpha value is -2.39. The average molecular weight is 407 g/mol. The first kappa shape index (κ1) is 20.3. The standard InChI is InChI=1S/C19H25N3O5S/c1-14(2)26-15-4-6-17(7-5-15)28(23,24)22-12-9-16(10-13-22)27-18-8-11-20-19(21-18)25-3/h4-8,11,14,16H,9-10,12-13H2,1-3H3. The van der Waals surface area contributed by atoms with Gasteiger partial charge in [-0.15, -0.1) is 0 Å². The Bertz CT molecular complexity index is 879. The van der Waals surface area contributed by atoms with Crippen molar-refractivity contribution in [3.63, 3.8) is 0 Å². The first-order valence-corrected chi connectivity index (χ1v) is 10.6. The first-order chi connectivity index (χ1) is 13.4. The summed E-state index contributed by atoms with van der Waals surface area (Å²) in [4.78, 5) is 8.34. The van der Waals surface area contributed by atoms with Crippen molar-refractivity contribution in [3.05, 3.63) is 36.5 Å². The molecule has 0 radical (unpaired) electrons. The summed E-state index contributed by atoms with van der Waals surface area (Å²) in [6.45, 7) is 4.63. The number of rotatable bonds is 7. The zero-order chi connectivity index (χ0) is 20.1. The smallest absolute Gasteiger partial charge is 0.319 e. The molecule has 1 aliphatic heterocycles. The fourth-order valence-corrected chi connectivity index (χ4v) is 4.43. The highest BCUT2D eigenvalue weighted by Crippen LogP contribution is 2.25. The van der Waals surface area contributed by atoms with Crippen LogP contribution < -0.4 is 14.2 Å². The molecule has 0 aliphatic carbocycles. The maximum absolute atomic E-state index is 12.9. The number of aromatic nitrogens is 2. The lowest BCUT2D eigenvalue weighted by Crippen LogP contribution is -2.41.